The lowest BCUT2D eigenvalue weighted by Gasteiger charge is -2.13. The first-order chi connectivity index (χ1) is 10.8. The molecule has 0 saturated carbocycles. The molecule has 0 unspecified atom stereocenters. The smallest absolute Gasteiger partial charge is 0.251 e. The molecule has 0 aromatic heterocycles. The fourth-order valence-corrected chi connectivity index (χ4v) is 3.07. The highest BCUT2D eigenvalue weighted by Crippen LogP contribution is 2.20. The van der Waals surface area contributed by atoms with E-state index < -0.39 is 15.8 Å². The molecule has 0 radical (unpaired) electrons. The lowest BCUT2D eigenvalue weighted by Crippen LogP contribution is -2.25. The number of sulfonamides is 1. The van der Waals surface area contributed by atoms with Crippen LogP contribution in [0.3, 0.4) is 0 Å². The molecule has 0 bridgehead atoms. The fourth-order valence-electron chi connectivity index (χ4n) is 2.51. The molecule has 1 aromatic carbocycles. The van der Waals surface area contributed by atoms with E-state index in [1.807, 2.05) is 0 Å². The van der Waals surface area contributed by atoms with Gasteiger partial charge in [-0.1, -0.05) is 11.6 Å². The molecule has 1 aromatic rings. The van der Waals surface area contributed by atoms with Gasteiger partial charge in [0, 0.05) is 12.1 Å². The molecule has 0 atom stereocenters. The number of carbonyl (C=O) groups is 1. The van der Waals surface area contributed by atoms with Gasteiger partial charge in [0.1, 0.15) is 5.82 Å². The second-order valence-corrected chi connectivity index (χ2v) is 7.43. The molecule has 126 valence electrons. The van der Waals surface area contributed by atoms with Crippen molar-refractivity contribution in [1.29, 1.82) is 0 Å². The second kappa shape index (κ2) is 7.59. The van der Waals surface area contributed by atoms with Crippen LogP contribution in [-0.4, -0.2) is 27.1 Å². The van der Waals surface area contributed by atoms with Gasteiger partial charge in [-0.3, -0.25) is 9.52 Å². The molecule has 1 amide bonds. The summed E-state index contributed by atoms with van der Waals surface area (Å²) >= 11 is 0. The second-order valence-electron chi connectivity index (χ2n) is 5.68. The molecular formula is C16H21FN2O3S. The summed E-state index contributed by atoms with van der Waals surface area (Å²) in [6.07, 6.45) is 8.55. The summed E-state index contributed by atoms with van der Waals surface area (Å²) in [5.41, 5.74) is 1.35. The number of nitrogens with one attached hydrogen (secondary N) is 2. The van der Waals surface area contributed by atoms with Crippen LogP contribution in [0, 0.1) is 5.82 Å². The maximum Gasteiger partial charge on any atom is 0.251 e. The molecule has 1 aliphatic rings. The Kier molecular flexibility index (Phi) is 5.76. The number of anilines is 1. The van der Waals surface area contributed by atoms with Gasteiger partial charge in [-0.25, -0.2) is 12.8 Å². The Labute approximate surface area is 136 Å². The zero-order valence-electron chi connectivity index (χ0n) is 13.1. The summed E-state index contributed by atoms with van der Waals surface area (Å²) < 4.78 is 38.0. The van der Waals surface area contributed by atoms with Crippen LogP contribution in [0.5, 0.6) is 0 Å². The third-order valence-electron chi connectivity index (χ3n) is 3.64. The van der Waals surface area contributed by atoms with Gasteiger partial charge in [0.05, 0.1) is 11.9 Å². The van der Waals surface area contributed by atoms with E-state index >= 15 is 0 Å². The van der Waals surface area contributed by atoms with Crippen LogP contribution < -0.4 is 10.0 Å². The highest BCUT2D eigenvalue weighted by molar-refractivity contribution is 7.92. The maximum atomic E-state index is 13.6. The van der Waals surface area contributed by atoms with Gasteiger partial charge >= 0.3 is 0 Å². The lowest BCUT2D eigenvalue weighted by atomic mass is 9.97. The largest absolute Gasteiger partial charge is 0.352 e. The van der Waals surface area contributed by atoms with Crippen LogP contribution in [0.2, 0.25) is 0 Å². The Morgan fingerprint density at radius 3 is 2.74 bits per heavy atom. The number of rotatable bonds is 6. The van der Waals surface area contributed by atoms with Crippen molar-refractivity contribution < 1.29 is 17.6 Å². The third kappa shape index (κ3) is 5.67. The van der Waals surface area contributed by atoms with Crippen LogP contribution >= 0.6 is 0 Å². The minimum absolute atomic E-state index is 0.218. The summed E-state index contributed by atoms with van der Waals surface area (Å²) in [5.74, 6) is -1.07. The molecular weight excluding hydrogens is 319 g/mol. The monoisotopic (exact) mass is 340 g/mol. The Bertz CT molecular complexity index is 714. The average molecular weight is 340 g/mol. The van der Waals surface area contributed by atoms with Crippen molar-refractivity contribution in [1.82, 2.24) is 5.32 Å². The van der Waals surface area contributed by atoms with E-state index in [9.17, 15) is 17.6 Å². The summed E-state index contributed by atoms with van der Waals surface area (Å²) in [5, 5.41) is 2.78. The van der Waals surface area contributed by atoms with Gasteiger partial charge in [-0.15, -0.1) is 0 Å². The van der Waals surface area contributed by atoms with Crippen LogP contribution in [-0.2, 0) is 10.0 Å². The lowest BCUT2D eigenvalue weighted by molar-refractivity contribution is 0.0954. The van der Waals surface area contributed by atoms with E-state index in [1.54, 1.807) is 0 Å². The number of amides is 1. The van der Waals surface area contributed by atoms with E-state index in [4.69, 9.17) is 0 Å². The van der Waals surface area contributed by atoms with Crippen molar-refractivity contribution >= 4 is 21.6 Å². The van der Waals surface area contributed by atoms with Crippen molar-refractivity contribution in [3.63, 3.8) is 0 Å². The number of halogens is 1. The predicted octanol–water partition coefficient (Wildman–Crippen LogP) is 2.82. The average Bonchev–Trinajstić information content (AvgIpc) is 2.49. The third-order valence-corrected chi connectivity index (χ3v) is 4.23. The van der Waals surface area contributed by atoms with Crippen molar-refractivity contribution in [2.45, 2.75) is 32.1 Å². The fraction of sp³-hybridized carbons (Fsp3) is 0.438. The molecule has 5 nitrogen and oxygen atoms in total. The van der Waals surface area contributed by atoms with E-state index in [0.717, 1.165) is 31.6 Å². The minimum Gasteiger partial charge on any atom is -0.352 e. The van der Waals surface area contributed by atoms with E-state index in [0.29, 0.717) is 6.54 Å². The van der Waals surface area contributed by atoms with Gasteiger partial charge in [0.2, 0.25) is 10.0 Å². The molecule has 1 aliphatic carbocycles. The first kappa shape index (κ1) is 17.5. The number of carbonyl (C=O) groups excluding carboxylic acids is 1. The van der Waals surface area contributed by atoms with Gasteiger partial charge < -0.3 is 5.32 Å². The van der Waals surface area contributed by atoms with E-state index in [1.165, 1.54) is 30.5 Å². The molecule has 0 spiro atoms. The first-order valence-corrected chi connectivity index (χ1v) is 9.48. The molecule has 0 saturated heterocycles. The highest BCUT2D eigenvalue weighted by Gasteiger charge is 2.12. The molecule has 7 heteroatoms. The zero-order chi connectivity index (χ0) is 16.9. The molecule has 0 fully saturated rings. The number of allylic oxidation sites excluding steroid dienone is 1. The first-order valence-electron chi connectivity index (χ1n) is 7.58. The van der Waals surface area contributed by atoms with E-state index in [-0.39, 0.29) is 17.2 Å². The molecule has 2 rings (SSSR count). The minimum atomic E-state index is -3.60. The summed E-state index contributed by atoms with van der Waals surface area (Å²) in [6, 6.07) is 3.61. The number of benzene rings is 1. The SMILES string of the molecule is CS(=O)(=O)Nc1cc(C(=O)NCCC2=CCCCC2)ccc1F. The maximum absolute atomic E-state index is 13.6. The van der Waals surface area contributed by atoms with Gasteiger partial charge in [0.15, 0.2) is 0 Å². The van der Waals surface area contributed by atoms with Crippen molar-refractivity contribution in [2.24, 2.45) is 0 Å². The summed E-state index contributed by atoms with van der Waals surface area (Å²) in [7, 11) is -3.60. The normalized spacial score (nSPS) is 15.0. The van der Waals surface area contributed by atoms with Gasteiger partial charge in [-0.2, -0.15) is 0 Å². The van der Waals surface area contributed by atoms with Crippen LogP contribution in [0.15, 0.2) is 29.8 Å². The van der Waals surface area contributed by atoms with Crippen molar-refractivity contribution in [3.05, 3.63) is 41.2 Å². The topological polar surface area (TPSA) is 75.3 Å². The number of hydrogen-bond donors (Lipinski definition) is 2. The summed E-state index contributed by atoms with van der Waals surface area (Å²) in [4.78, 5) is 12.1. The van der Waals surface area contributed by atoms with Crippen molar-refractivity contribution in [3.8, 4) is 0 Å². The van der Waals surface area contributed by atoms with Crippen molar-refractivity contribution in [2.75, 3.05) is 17.5 Å². The number of hydrogen-bond acceptors (Lipinski definition) is 3. The molecule has 0 aliphatic heterocycles. The predicted molar refractivity (Wildman–Crippen MR) is 88.4 cm³/mol. The Morgan fingerprint density at radius 1 is 1.30 bits per heavy atom. The highest BCUT2D eigenvalue weighted by atomic mass is 32.2. The van der Waals surface area contributed by atoms with Crippen LogP contribution in [0.25, 0.3) is 0 Å². The van der Waals surface area contributed by atoms with Gasteiger partial charge in [-0.05, 0) is 50.3 Å². The Morgan fingerprint density at radius 2 is 2.09 bits per heavy atom. The molecule has 0 heterocycles. The van der Waals surface area contributed by atoms with Crippen LogP contribution in [0.4, 0.5) is 10.1 Å². The van der Waals surface area contributed by atoms with E-state index in [2.05, 4.69) is 16.1 Å². The zero-order valence-corrected chi connectivity index (χ0v) is 13.9. The van der Waals surface area contributed by atoms with Crippen LogP contribution in [0.1, 0.15) is 42.5 Å². The molecule has 2 N–H and O–H groups in total. The van der Waals surface area contributed by atoms with Gasteiger partial charge in [0.25, 0.3) is 5.91 Å². The molecule has 23 heavy (non-hydrogen) atoms. The quantitative estimate of drug-likeness (QED) is 0.782. The standard InChI is InChI=1S/C16H21FN2O3S/c1-23(21,22)19-15-11-13(7-8-14(15)17)16(20)18-10-9-12-5-3-2-4-6-12/h5,7-8,11,19H,2-4,6,9-10H2,1H3,(H,18,20). The Hall–Kier alpha value is -1.89. The Balaban J connectivity index is 1.96. The summed E-state index contributed by atoms with van der Waals surface area (Å²) in [6.45, 7) is 0.511.